The molecular formula is C20H20N2O3. The topological polar surface area (TPSA) is 58.6 Å². The Kier molecular flexibility index (Phi) is 4.57. The van der Waals surface area contributed by atoms with Crippen LogP contribution in [0.4, 0.5) is 11.4 Å². The summed E-state index contributed by atoms with van der Waals surface area (Å²) in [6.07, 6.45) is 0. The maximum absolute atomic E-state index is 12.9. The quantitative estimate of drug-likeness (QED) is 0.871. The summed E-state index contributed by atoms with van der Waals surface area (Å²) in [4.78, 5) is 26.6. The van der Waals surface area contributed by atoms with Crippen molar-refractivity contribution in [1.82, 2.24) is 0 Å². The van der Waals surface area contributed by atoms with Crippen molar-refractivity contribution >= 4 is 23.3 Å². The fourth-order valence-electron chi connectivity index (χ4n) is 2.71. The molecule has 1 heterocycles. The molecule has 128 valence electrons. The lowest BCUT2D eigenvalue weighted by atomic mass is 10.2. The number of anilines is 2. The fraction of sp³-hybridized carbons (Fsp3) is 0.200. The first kappa shape index (κ1) is 16.8. The predicted octanol–water partition coefficient (Wildman–Crippen LogP) is 3.19. The molecule has 25 heavy (non-hydrogen) atoms. The van der Waals surface area contributed by atoms with Gasteiger partial charge in [0.15, 0.2) is 0 Å². The zero-order valence-electron chi connectivity index (χ0n) is 14.5. The molecular weight excluding hydrogens is 316 g/mol. The standard InChI is InChI=1S/C20H20N2O3/c1-13-4-8-15(9-5-13)21-18-17(20(24)25-3)12-22(19(18)23)16-10-6-14(2)7-11-16/h4-11,21H,12H2,1-3H3. The number of hydrogen-bond acceptors (Lipinski definition) is 4. The van der Waals surface area contributed by atoms with Gasteiger partial charge in [0.1, 0.15) is 5.70 Å². The van der Waals surface area contributed by atoms with Crippen LogP contribution in [0, 0.1) is 13.8 Å². The minimum Gasteiger partial charge on any atom is -0.466 e. The summed E-state index contributed by atoms with van der Waals surface area (Å²) in [6.45, 7) is 4.16. The number of ether oxygens (including phenoxy) is 1. The molecule has 0 spiro atoms. The van der Waals surface area contributed by atoms with E-state index in [1.807, 2.05) is 62.4 Å². The highest BCUT2D eigenvalue weighted by atomic mass is 16.5. The highest BCUT2D eigenvalue weighted by Gasteiger charge is 2.35. The average molecular weight is 336 g/mol. The van der Waals surface area contributed by atoms with Crippen LogP contribution in [-0.2, 0) is 14.3 Å². The zero-order valence-corrected chi connectivity index (χ0v) is 14.5. The molecule has 0 aromatic heterocycles. The van der Waals surface area contributed by atoms with E-state index in [-0.39, 0.29) is 18.1 Å². The Morgan fingerprint density at radius 3 is 2.12 bits per heavy atom. The maximum atomic E-state index is 12.9. The van der Waals surface area contributed by atoms with Gasteiger partial charge in [-0.1, -0.05) is 35.4 Å². The number of aryl methyl sites for hydroxylation is 2. The lowest BCUT2D eigenvalue weighted by molar-refractivity contribution is -0.136. The van der Waals surface area contributed by atoms with Gasteiger partial charge in [0.05, 0.1) is 19.2 Å². The number of benzene rings is 2. The van der Waals surface area contributed by atoms with Gasteiger partial charge in [-0.15, -0.1) is 0 Å². The largest absolute Gasteiger partial charge is 0.466 e. The number of carbonyl (C=O) groups is 2. The first-order valence-electron chi connectivity index (χ1n) is 8.03. The summed E-state index contributed by atoms with van der Waals surface area (Å²) in [5.41, 5.74) is 4.31. The minimum absolute atomic E-state index is 0.183. The van der Waals surface area contributed by atoms with Crippen LogP contribution in [-0.4, -0.2) is 25.5 Å². The second-order valence-corrected chi connectivity index (χ2v) is 6.06. The summed E-state index contributed by atoms with van der Waals surface area (Å²) in [6, 6.07) is 15.2. The monoisotopic (exact) mass is 336 g/mol. The van der Waals surface area contributed by atoms with Crippen LogP contribution in [0.25, 0.3) is 0 Å². The Bertz CT molecular complexity index is 836. The summed E-state index contributed by atoms with van der Waals surface area (Å²) in [5, 5.41) is 3.08. The Labute approximate surface area is 146 Å². The number of amides is 1. The molecule has 0 unspecified atom stereocenters. The second kappa shape index (κ2) is 6.81. The fourth-order valence-corrected chi connectivity index (χ4v) is 2.71. The molecule has 1 N–H and O–H groups in total. The van der Waals surface area contributed by atoms with Crippen LogP contribution in [0.3, 0.4) is 0 Å². The maximum Gasteiger partial charge on any atom is 0.337 e. The normalized spacial score (nSPS) is 14.0. The molecule has 0 aliphatic carbocycles. The van der Waals surface area contributed by atoms with Crippen molar-refractivity contribution in [1.29, 1.82) is 0 Å². The Hall–Kier alpha value is -3.08. The molecule has 2 aromatic carbocycles. The molecule has 5 heteroatoms. The number of carbonyl (C=O) groups excluding carboxylic acids is 2. The molecule has 5 nitrogen and oxygen atoms in total. The number of hydrogen-bond donors (Lipinski definition) is 1. The average Bonchev–Trinajstić information content (AvgIpc) is 2.94. The van der Waals surface area contributed by atoms with E-state index in [9.17, 15) is 9.59 Å². The first-order chi connectivity index (χ1) is 12.0. The molecule has 0 saturated carbocycles. The van der Waals surface area contributed by atoms with E-state index in [4.69, 9.17) is 4.74 Å². The van der Waals surface area contributed by atoms with Crippen LogP contribution in [0.15, 0.2) is 59.8 Å². The van der Waals surface area contributed by atoms with E-state index in [1.54, 1.807) is 4.90 Å². The van der Waals surface area contributed by atoms with Gasteiger partial charge in [-0.2, -0.15) is 0 Å². The summed E-state index contributed by atoms with van der Waals surface area (Å²) < 4.78 is 4.86. The molecule has 0 saturated heterocycles. The predicted molar refractivity (Wildman–Crippen MR) is 97.4 cm³/mol. The van der Waals surface area contributed by atoms with E-state index in [0.29, 0.717) is 5.57 Å². The Morgan fingerprint density at radius 2 is 1.56 bits per heavy atom. The van der Waals surface area contributed by atoms with Gasteiger partial charge >= 0.3 is 5.97 Å². The van der Waals surface area contributed by atoms with Gasteiger partial charge in [-0.3, -0.25) is 4.79 Å². The smallest absolute Gasteiger partial charge is 0.337 e. The summed E-state index contributed by atoms with van der Waals surface area (Å²) in [5.74, 6) is -0.748. The molecule has 1 amide bonds. The molecule has 0 bridgehead atoms. The van der Waals surface area contributed by atoms with E-state index in [2.05, 4.69) is 5.32 Å². The van der Waals surface area contributed by atoms with Crippen LogP contribution in [0.5, 0.6) is 0 Å². The van der Waals surface area contributed by atoms with Gasteiger partial charge < -0.3 is 15.0 Å². The van der Waals surface area contributed by atoms with Gasteiger partial charge in [0, 0.05) is 11.4 Å². The molecule has 0 radical (unpaired) electrons. The van der Waals surface area contributed by atoms with E-state index >= 15 is 0 Å². The van der Waals surface area contributed by atoms with Crippen LogP contribution < -0.4 is 10.2 Å². The van der Waals surface area contributed by atoms with Crippen molar-refractivity contribution in [3.05, 3.63) is 70.9 Å². The van der Waals surface area contributed by atoms with E-state index in [1.165, 1.54) is 7.11 Å². The minimum atomic E-state index is -0.502. The van der Waals surface area contributed by atoms with Crippen LogP contribution in [0.2, 0.25) is 0 Å². The van der Waals surface area contributed by atoms with Gasteiger partial charge in [0.25, 0.3) is 5.91 Å². The van der Waals surface area contributed by atoms with Crippen LogP contribution in [0.1, 0.15) is 11.1 Å². The number of esters is 1. The molecule has 2 aromatic rings. The van der Waals surface area contributed by atoms with Gasteiger partial charge in [-0.05, 0) is 38.1 Å². The number of nitrogens with one attached hydrogen (secondary N) is 1. The van der Waals surface area contributed by atoms with Crippen molar-refractivity contribution in [3.63, 3.8) is 0 Å². The molecule has 3 rings (SSSR count). The molecule has 1 aliphatic heterocycles. The third-order valence-corrected chi connectivity index (χ3v) is 4.18. The molecule has 0 atom stereocenters. The van der Waals surface area contributed by atoms with Crippen LogP contribution >= 0.6 is 0 Å². The number of methoxy groups -OCH3 is 1. The van der Waals surface area contributed by atoms with Gasteiger partial charge in [-0.25, -0.2) is 4.79 Å². The second-order valence-electron chi connectivity index (χ2n) is 6.06. The molecule has 0 fully saturated rings. The molecule has 1 aliphatic rings. The first-order valence-corrected chi connectivity index (χ1v) is 8.03. The van der Waals surface area contributed by atoms with Crippen molar-refractivity contribution in [2.75, 3.05) is 23.9 Å². The highest BCUT2D eigenvalue weighted by Crippen LogP contribution is 2.28. The van der Waals surface area contributed by atoms with Gasteiger partial charge in [0.2, 0.25) is 0 Å². The number of rotatable bonds is 4. The summed E-state index contributed by atoms with van der Waals surface area (Å²) in [7, 11) is 1.32. The third-order valence-electron chi connectivity index (χ3n) is 4.18. The Morgan fingerprint density at radius 1 is 1.00 bits per heavy atom. The SMILES string of the molecule is COC(=O)C1=C(Nc2ccc(C)cc2)C(=O)N(c2ccc(C)cc2)C1. The number of nitrogens with zero attached hydrogens (tertiary/aromatic N) is 1. The van der Waals surface area contributed by atoms with Crippen molar-refractivity contribution < 1.29 is 14.3 Å². The zero-order chi connectivity index (χ0) is 18.0. The lowest BCUT2D eigenvalue weighted by Gasteiger charge is -2.17. The van der Waals surface area contributed by atoms with E-state index < -0.39 is 5.97 Å². The van der Waals surface area contributed by atoms with Crippen molar-refractivity contribution in [3.8, 4) is 0 Å². The Balaban J connectivity index is 1.93. The van der Waals surface area contributed by atoms with E-state index in [0.717, 1.165) is 22.5 Å². The third kappa shape index (κ3) is 3.40. The van der Waals surface area contributed by atoms with Crippen molar-refractivity contribution in [2.24, 2.45) is 0 Å². The highest BCUT2D eigenvalue weighted by molar-refractivity contribution is 6.16. The lowest BCUT2D eigenvalue weighted by Crippen LogP contribution is -2.28. The summed E-state index contributed by atoms with van der Waals surface area (Å²) >= 11 is 0. The van der Waals surface area contributed by atoms with Crippen molar-refractivity contribution in [2.45, 2.75) is 13.8 Å².